The molecule has 5 fully saturated rings. The van der Waals surface area contributed by atoms with Crippen LogP contribution in [0, 0.1) is 17.8 Å². The van der Waals surface area contributed by atoms with Crippen molar-refractivity contribution in [2.45, 2.75) is 95.2 Å². The zero-order valence-electron chi connectivity index (χ0n) is 22.6. The molecule has 0 aromatic rings. The van der Waals surface area contributed by atoms with Gasteiger partial charge >= 0.3 is 0 Å². The summed E-state index contributed by atoms with van der Waals surface area (Å²) in [6, 6.07) is 0.632. The second kappa shape index (κ2) is 13.3. The monoisotopic (exact) mass is 505 g/mol. The van der Waals surface area contributed by atoms with E-state index in [9.17, 15) is 4.79 Å². The first kappa shape index (κ1) is 26.8. The van der Waals surface area contributed by atoms with Gasteiger partial charge in [-0.25, -0.2) is 0 Å². The van der Waals surface area contributed by atoms with E-state index < -0.39 is 0 Å². The minimum Gasteiger partial charge on any atom is -0.381 e. The number of hydrogen-bond acceptors (Lipinski definition) is 7. The molecule has 36 heavy (non-hydrogen) atoms. The van der Waals surface area contributed by atoms with E-state index in [2.05, 4.69) is 20.9 Å². The van der Waals surface area contributed by atoms with Crippen molar-refractivity contribution < 1.29 is 14.3 Å². The summed E-state index contributed by atoms with van der Waals surface area (Å²) in [5.41, 5.74) is 0. The van der Waals surface area contributed by atoms with Gasteiger partial charge in [-0.2, -0.15) is 0 Å². The molecular formula is C28H51N5O3. The summed E-state index contributed by atoms with van der Waals surface area (Å²) in [6.45, 7) is 7.97. The van der Waals surface area contributed by atoms with Gasteiger partial charge in [-0.1, -0.05) is 0 Å². The minimum absolute atomic E-state index is 0.165. The van der Waals surface area contributed by atoms with Crippen LogP contribution in [0.15, 0.2) is 0 Å². The van der Waals surface area contributed by atoms with Crippen LogP contribution in [0.2, 0.25) is 0 Å². The van der Waals surface area contributed by atoms with E-state index >= 15 is 0 Å². The highest BCUT2D eigenvalue weighted by atomic mass is 16.5. The summed E-state index contributed by atoms with van der Waals surface area (Å²) < 4.78 is 11.1. The molecule has 0 aromatic heterocycles. The average Bonchev–Trinajstić information content (AvgIpc) is 3.48. The Balaban J connectivity index is 0.919. The molecule has 3 saturated heterocycles. The summed E-state index contributed by atoms with van der Waals surface area (Å²) in [5.74, 6) is 2.68. The highest BCUT2D eigenvalue weighted by molar-refractivity contribution is 5.81. The first-order chi connectivity index (χ1) is 17.7. The Labute approximate surface area is 218 Å². The Morgan fingerprint density at radius 1 is 0.917 bits per heavy atom. The molecule has 1 unspecified atom stereocenters. The van der Waals surface area contributed by atoms with Crippen LogP contribution < -0.4 is 16.0 Å². The summed E-state index contributed by atoms with van der Waals surface area (Å²) in [7, 11) is 1.86. The molecule has 2 aliphatic carbocycles. The standard InChI is InChI=1S/C28H51N5O3/c1-35-25-10-6-22(7-11-25)23-19-29-28(30-20-23)31-24-8-4-21(5-9-24)12-13-32-14-16-33(17-15-32)27(34)26-3-2-18-36-26/h21-26,28-31H,2-20H2,1H3. The zero-order chi connectivity index (χ0) is 24.7. The fourth-order valence-corrected chi connectivity index (χ4v) is 7.32. The van der Waals surface area contributed by atoms with E-state index in [0.717, 1.165) is 76.5 Å². The molecule has 0 spiro atoms. The second-order valence-electron chi connectivity index (χ2n) is 12.1. The number of hydrogen-bond donors (Lipinski definition) is 3. The normalized spacial score (nSPS) is 38.8. The van der Waals surface area contributed by atoms with E-state index in [1.54, 1.807) is 0 Å². The van der Waals surface area contributed by atoms with Crippen LogP contribution in [0.4, 0.5) is 0 Å². The Kier molecular flexibility index (Phi) is 9.94. The van der Waals surface area contributed by atoms with E-state index in [0.29, 0.717) is 12.1 Å². The molecule has 0 aromatic carbocycles. The predicted molar refractivity (Wildman–Crippen MR) is 142 cm³/mol. The van der Waals surface area contributed by atoms with Crippen molar-refractivity contribution >= 4 is 5.91 Å². The van der Waals surface area contributed by atoms with Crippen molar-refractivity contribution in [1.29, 1.82) is 0 Å². The number of nitrogens with one attached hydrogen (secondary N) is 3. The molecule has 5 rings (SSSR count). The number of ether oxygens (including phenoxy) is 2. The van der Waals surface area contributed by atoms with Gasteiger partial charge in [-0.05, 0) is 94.9 Å². The van der Waals surface area contributed by atoms with Gasteiger partial charge in [0, 0.05) is 59.0 Å². The maximum Gasteiger partial charge on any atom is 0.251 e. The number of nitrogens with zero attached hydrogens (tertiary/aromatic N) is 2. The lowest BCUT2D eigenvalue weighted by Gasteiger charge is -2.41. The summed E-state index contributed by atoms with van der Waals surface area (Å²) in [6.07, 6.45) is 14.2. The van der Waals surface area contributed by atoms with Gasteiger partial charge in [0.15, 0.2) is 0 Å². The van der Waals surface area contributed by atoms with Crippen LogP contribution >= 0.6 is 0 Å². The molecule has 0 radical (unpaired) electrons. The molecule has 2 saturated carbocycles. The van der Waals surface area contributed by atoms with Crippen LogP contribution in [0.1, 0.15) is 70.6 Å². The van der Waals surface area contributed by atoms with E-state index in [4.69, 9.17) is 9.47 Å². The molecule has 8 nitrogen and oxygen atoms in total. The largest absolute Gasteiger partial charge is 0.381 e. The molecular weight excluding hydrogens is 454 g/mol. The zero-order valence-corrected chi connectivity index (χ0v) is 22.6. The highest BCUT2D eigenvalue weighted by Gasteiger charge is 2.33. The van der Waals surface area contributed by atoms with Crippen molar-refractivity contribution in [2.75, 3.05) is 59.5 Å². The van der Waals surface area contributed by atoms with Gasteiger partial charge in [0.05, 0.1) is 6.10 Å². The van der Waals surface area contributed by atoms with E-state index in [1.165, 1.54) is 64.3 Å². The maximum atomic E-state index is 12.6. The van der Waals surface area contributed by atoms with E-state index in [1.807, 2.05) is 12.0 Å². The van der Waals surface area contributed by atoms with E-state index in [-0.39, 0.29) is 18.3 Å². The average molecular weight is 506 g/mol. The van der Waals surface area contributed by atoms with Crippen LogP contribution in [-0.2, 0) is 14.3 Å². The minimum atomic E-state index is -0.165. The number of methoxy groups -OCH3 is 1. The number of carbonyl (C=O) groups is 1. The molecule has 5 aliphatic rings. The van der Waals surface area contributed by atoms with Gasteiger partial charge in [0.2, 0.25) is 0 Å². The lowest BCUT2D eigenvalue weighted by atomic mass is 9.78. The first-order valence-corrected chi connectivity index (χ1v) is 15.1. The number of amides is 1. The Bertz CT molecular complexity index is 658. The van der Waals surface area contributed by atoms with Crippen molar-refractivity contribution in [2.24, 2.45) is 17.8 Å². The fraction of sp³-hybridized carbons (Fsp3) is 0.964. The lowest BCUT2D eigenvalue weighted by Crippen LogP contribution is -2.63. The molecule has 8 heteroatoms. The molecule has 206 valence electrons. The lowest BCUT2D eigenvalue weighted by molar-refractivity contribution is -0.142. The van der Waals surface area contributed by atoms with Crippen molar-refractivity contribution in [1.82, 2.24) is 25.8 Å². The summed E-state index contributed by atoms with van der Waals surface area (Å²) >= 11 is 0. The quantitative estimate of drug-likeness (QED) is 0.467. The number of carbonyl (C=O) groups excluding carboxylic acids is 1. The van der Waals surface area contributed by atoms with Crippen molar-refractivity contribution in [3.05, 3.63) is 0 Å². The molecule has 1 amide bonds. The number of piperazine rings is 1. The SMILES string of the molecule is COC1CCC(C2CNC(NC3CCC(CCN4CCN(C(=O)C5CCCO5)CC4)CC3)NC2)CC1. The summed E-state index contributed by atoms with van der Waals surface area (Å²) in [5, 5.41) is 11.4. The Morgan fingerprint density at radius 2 is 1.64 bits per heavy atom. The third-order valence-corrected chi connectivity index (χ3v) is 9.88. The first-order valence-electron chi connectivity index (χ1n) is 15.1. The smallest absolute Gasteiger partial charge is 0.251 e. The third-order valence-electron chi connectivity index (χ3n) is 9.88. The fourth-order valence-electron chi connectivity index (χ4n) is 7.32. The third kappa shape index (κ3) is 7.20. The maximum absolute atomic E-state index is 12.6. The van der Waals surface area contributed by atoms with Gasteiger partial charge in [-0.15, -0.1) is 0 Å². The van der Waals surface area contributed by atoms with Gasteiger partial charge in [0.1, 0.15) is 12.4 Å². The molecule has 3 N–H and O–H groups in total. The highest BCUT2D eigenvalue weighted by Crippen LogP contribution is 2.32. The van der Waals surface area contributed by atoms with Crippen LogP contribution in [0.5, 0.6) is 0 Å². The second-order valence-corrected chi connectivity index (χ2v) is 12.1. The van der Waals surface area contributed by atoms with Crippen LogP contribution in [-0.4, -0.2) is 99.8 Å². The summed E-state index contributed by atoms with van der Waals surface area (Å²) in [4.78, 5) is 17.2. The van der Waals surface area contributed by atoms with Crippen LogP contribution in [0.3, 0.4) is 0 Å². The van der Waals surface area contributed by atoms with Gasteiger partial charge in [0.25, 0.3) is 5.91 Å². The Hall–Kier alpha value is -0.770. The Morgan fingerprint density at radius 3 is 2.28 bits per heavy atom. The molecule has 3 heterocycles. The van der Waals surface area contributed by atoms with Gasteiger partial charge in [-0.3, -0.25) is 25.6 Å². The molecule has 1 atom stereocenters. The van der Waals surface area contributed by atoms with Gasteiger partial charge < -0.3 is 14.4 Å². The van der Waals surface area contributed by atoms with Crippen LogP contribution in [0.25, 0.3) is 0 Å². The van der Waals surface area contributed by atoms with Crippen molar-refractivity contribution in [3.8, 4) is 0 Å². The predicted octanol–water partition coefficient (Wildman–Crippen LogP) is 2.15. The number of rotatable bonds is 8. The van der Waals surface area contributed by atoms with Crippen molar-refractivity contribution in [3.63, 3.8) is 0 Å². The topological polar surface area (TPSA) is 78.1 Å². The molecule has 0 bridgehead atoms. The molecule has 3 aliphatic heterocycles.